The van der Waals surface area contributed by atoms with Crippen LogP contribution in [0.15, 0.2) is 18.6 Å². The van der Waals surface area contributed by atoms with E-state index in [9.17, 15) is 9.18 Å². The summed E-state index contributed by atoms with van der Waals surface area (Å²) in [6.45, 7) is 3.49. The highest BCUT2D eigenvalue weighted by atomic mass is 19.1. The van der Waals surface area contributed by atoms with Crippen LogP contribution in [-0.2, 0) is 11.3 Å². The number of nitrogens with zero attached hydrogens (tertiary/aromatic N) is 6. The summed E-state index contributed by atoms with van der Waals surface area (Å²) in [6.07, 6.45) is 5.02. The van der Waals surface area contributed by atoms with Crippen LogP contribution in [-0.4, -0.2) is 56.0 Å². The minimum absolute atomic E-state index is 0.0247. The van der Waals surface area contributed by atoms with Gasteiger partial charge in [-0.15, -0.1) is 0 Å². The number of piperidine rings is 1. The van der Waals surface area contributed by atoms with E-state index in [1.54, 1.807) is 17.1 Å². The van der Waals surface area contributed by atoms with Crippen LogP contribution in [0.1, 0.15) is 13.3 Å². The van der Waals surface area contributed by atoms with Crippen LogP contribution in [0.2, 0.25) is 0 Å². The predicted molar refractivity (Wildman–Crippen MR) is 108 cm³/mol. The predicted octanol–water partition coefficient (Wildman–Crippen LogP) is 0.649. The van der Waals surface area contributed by atoms with Gasteiger partial charge in [-0.2, -0.15) is 15.3 Å². The van der Waals surface area contributed by atoms with Gasteiger partial charge in [0.2, 0.25) is 11.9 Å². The van der Waals surface area contributed by atoms with Crippen molar-refractivity contribution in [2.75, 3.05) is 29.9 Å². The van der Waals surface area contributed by atoms with Crippen molar-refractivity contribution in [3.63, 3.8) is 0 Å². The molecule has 3 fully saturated rings. The second-order valence-electron chi connectivity index (χ2n) is 8.59. The average molecular weight is 426 g/mol. The molecule has 1 aliphatic heterocycles. The molecule has 1 amide bonds. The third kappa shape index (κ3) is 3.37. The van der Waals surface area contributed by atoms with Gasteiger partial charge >= 0.3 is 0 Å². The summed E-state index contributed by atoms with van der Waals surface area (Å²) < 4.78 is 16.1. The van der Waals surface area contributed by atoms with E-state index in [4.69, 9.17) is 10.4 Å². The molecule has 5 atom stereocenters. The molecule has 5 rings (SSSR count). The molecule has 10 nitrogen and oxygen atoms in total. The summed E-state index contributed by atoms with van der Waals surface area (Å²) in [6, 6.07) is 2.15. The number of carbonyl (C=O) groups is 1. The maximum Gasteiger partial charge on any atom is 0.229 e. The largest absolute Gasteiger partial charge is 0.394 e. The summed E-state index contributed by atoms with van der Waals surface area (Å²) in [7, 11) is 0. The SMILES string of the molecule is C[C@@H]1[C@@H]2CN(c3nc(Nc4cnn(CCO)c4)ncc3F)C[C@]12NC(=O)[C@@H]1C[C@H]1C#N. The van der Waals surface area contributed by atoms with Crippen LogP contribution in [0.25, 0.3) is 0 Å². The van der Waals surface area contributed by atoms with Gasteiger partial charge in [-0.05, 0) is 12.3 Å². The second-order valence-corrected chi connectivity index (χ2v) is 8.59. The van der Waals surface area contributed by atoms with Crippen LogP contribution in [0, 0.1) is 40.8 Å². The van der Waals surface area contributed by atoms with Crippen molar-refractivity contribution in [1.29, 1.82) is 5.26 Å². The number of rotatable bonds is 7. The molecule has 2 saturated carbocycles. The lowest BCUT2D eigenvalue weighted by Crippen LogP contribution is -2.45. The highest BCUT2D eigenvalue weighted by Crippen LogP contribution is 2.56. The zero-order valence-electron chi connectivity index (χ0n) is 17.0. The maximum atomic E-state index is 14.6. The number of aliphatic hydroxyl groups excluding tert-OH is 1. The molecule has 0 radical (unpaired) electrons. The first-order valence-corrected chi connectivity index (χ1v) is 10.3. The van der Waals surface area contributed by atoms with Crippen LogP contribution < -0.4 is 15.5 Å². The first kappa shape index (κ1) is 19.7. The van der Waals surface area contributed by atoms with Crippen molar-refractivity contribution in [3.05, 3.63) is 24.4 Å². The van der Waals surface area contributed by atoms with Gasteiger partial charge in [-0.1, -0.05) is 6.92 Å². The van der Waals surface area contributed by atoms with Crippen molar-refractivity contribution in [2.24, 2.45) is 23.7 Å². The molecule has 2 aromatic rings. The normalized spacial score (nSPS) is 30.5. The van der Waals surface area contributed by atoms with E-state index >= 15 is 0 Å². The fourth-order valence-electron chi connectivity index (χ4n) is 4.71. The van der Waals surface area contributed by atoms with Gasteiger partial charge in [0.05, 0.1) is 54.7 Å². The smallest absolute Gasteiger partial charge is 0.229 e. The van der Waals surface area contributed by atoms with E-state index < -0.39 is 11.4 Å². The Balaban J connectivity index is 1.29. The second kappa shape index (κ2) is 7.16. The Morgan fingerprint density at radius 3 is 3.06 bits per heavy atom. The van der Waals surface area contributed by atoms with E-state index in [1.165, 1.54) is 0 Å². The number of fused-ring (bicyclic) bond motifs is 1. The fourth-order valence-corrected chi connectivity index (χ4v) is 4.71. The minimum atomic E-state index is -0.524. The standard InChI is InChI=1S/C20H23FN8O2/c1-11-15-9-28(10-20(11,15)27-18(31)14-4-12(14)5-22)17-16(21)7-23-19(26-17)25-13-6-24-29(8-13)2-3-30/h6-8,11-12,14-15,30H,2-4,9-10H2,1H3,(H,27,31)(H,23,25,26)/t11-,12+,14-,15+,20+/m1/s1. The van der Waals surface area contributed by atoms with E-state index in [-0.39, 0.29) is 42.0 Å². The lowest BCUT2D eigenvalue weighted by molar-refractivity contribution is -0.123. The van der Waals surface area contributed by atoms with Gasteiger partial charge in [-0.25, -0.2) is 9.37 Å². The molecule has 3 N–H and O–H groups in total. The van der Waals surface area contributed by atoms with Crippen molar-refractivity contribution in [2.45, 2.75) is 25.4 Å². The van der Waals surface area contributed by atoms with Gasteiger partial charge < -0.3 is 20.6 Å². The number of hydrogen-bond acceptors (Lipinski definition) is 8. The highest BCUT2D eigenvalue weighted by molar-refractivity contribution is 5.83. The Hall–Kier alpha value is -3.26. The number of halogens is 1. The molecular formula is C20H23FN8O2. The molecule has 3 heterocycles. The molecular weight excluding hydrogens is 403 g/mol. The van der Waals surface area contributed by atoms with Crippen molar-refractivity contribution in [1.82, 2.24) is 25.1 Å². The van der Waals surface area contributed by atoms with Crippen LogP contribution in [0.5, 0.6) is 0 Å². The van der Waals surface area contributed by atoms with E-state index in [1.807, 2.05) is 4.90 Å². The van der Waals surface area contributed by atoms with E-state index in [0.29, 0.717) is 37.7 Å². The highest BCUT2D eigenvalue weighted by Gasteiger charge is 2.68. The van der Waals surface area contributed by atoms with Gasteiger partial charge in [0, 0.05) is 25.2 Å². The van der Waals surface area contributed by atoms with Crippen molar-refractivity contribution in [3.8, 4) is 6.07 Å². The zero-order valence-corrected chi connectivity index (χ0v) is 17.0. The quantitative estimate of drug-likeness (QED) is 0.588. The number of anilines is 3. The van der Waals surface area contributed by atoms with Crippen molar-refractivity contribution >= 4 is 23.4 Å². The van der Waals surface area contributed by atoms with E-state index in [2.05, 4.69) is 38.7 Å². The van der Waals surface area contributed by atoms with Gasteiger partial charge in [0.25, 0.3) is 0 Å². The number of hydrogen-bond donors (Lipinski definition) is 3. The van der Waals surface area contributed by atoms with Gasteiger partial charge in [-0.3, -0.25) is 9.48 Å². The van der Waals surface area contributed by atoms with Crippen LogP contribution >= 0.6 is 0 Å². The molecule has 0 spiro atoms. The summed E-state index contributed by atoms with van der Waals surface area (Å²) in [5.74, 6) is -0.0608. The molecule has 11 heteroatoms. The maximum absolute atomic E-state index is 14.6. The lowest BCUT2D eigenvalue weighted by Gasteiger charge is -2.25. The molecule has 0 aromatic carbocycles. The Morgan fingerprint density at radius 2 is 2.32 bits per heavy atom. The number of aliphatic hydroxyl groups is 1. The summed E-state index contributed by atoms with van der Waals surface area (Å²) in [5, 5.41) is 28.2. The molecule has 31 heavy (non-hydrogen) atoms. The fraction of sp³-hybridized carbons (Fsp3) is 0.550. The summed E-state index contributed by atoms with van der Waals surface area (Å²) >= 11 is 0. The average Bonchev–Trinajstić information content (AvgIpc) is 3.50. The number of amides is 1. The molecule has 162 valence electrons. The Kier molecular flexibility index (Phi) is 4.55. The number of nitriles is 1. The topological polar surface area (TPSA) is 132 Å². The molecule has 0 unspecified atom stereocenters. The zero-order chi connectivity index (χ0) is 21.8. The molecule has 2 aliphatic carbocycles. The summed E-state index contributed by atoms with van der Waals surface area (Å²) in [4.78, 5) is 22.7. The molecule has 0 bridgehead atoms. The number of carbonyl (C=O) groups excluding carboxylic acids is 1. The number of aromatic nitrogens is 4. The Labute approximate surface area is 178 Å². The lowest BCUT2D eigenvalue weighted by atomic mass is 10.2. The van der Waals surface area contributed by atoms with Crippen LogP contribution in [0.3, 0.4) is 0 Å². The number of nitrogens with one attached hydrogen (secondary N) is 2. The minimum Gasteiger partial charge on any atom is -0.394 e. The molecule has 3 aliphatic rings. The monoisotopic (exact) mass is 426 g/mol. The van der Waals surface area contributed by atoms with Crippen molar-refractivity contribution < 1.29 is 14.3 Å². The van der Waals surface area contributed by atoms with Crippen LogP contribution in [0.4, 0.5) is 21.8 Å². The molecule has 2 aromatic heterocycles. The third-order valence-corrected chi connectivity index (χ3v) is 6.73. The molecule has 1 saturated heterocycles. The first-order valence-electron chi connectivity index (χ1n) is 10.3. The van der Waals surface area contributed by atoms with E-state index in [0.717, 1.165) is 6.20 Å². The Morgan fingerprint density at radius 1 is 1.48 bits per heavy atom. The summed E-state index contributed by atoms with van der Waals surface area (Å²) in [5.41, 5.74) is 0.236. The third-order valence-electron chi connectivity index (χ3n) is 6.73. The Bertz CT molecular complexity index is 1070. The van der Waals surface area contributed by atoms with Gasteiger partial charge in [0.15, 0.2) is 11.6 Å². The first-order chi connectivity index (χ1) is 14.9. The van der Waals surface area contributed by atoms with Gasteiger partial charge in [0.1, 0.15) is 0 Å².